The number of phosphoric ester groups is 1. The first-order valence-electron chi connectivity index (χ1n) is 12.9. The van der Waals surface area contributed by atoms with Crippen LogP contribution in [0.4, 0.5) is 0 Å². The Morgan fingerprint density at radius 1 is 0.486 bits per heavy atom. The van der Waals surface area contributed by atoms with Gasteiger partial charge in [0.2, 0.25) is 0 Å². The molecule has 0 unspecified atom stereocenters. The van der Waals surface area contributed by atoms with E-state index in [1.807, 2.05) is 36.4 Å². The van der Waals surface area contributed by atoms with Crippen molar-refractivity contribution in [1.29, 1.82) is 0 Å². The van der Waals surface area contributed by atoms with Crippen molar-refractivity contribution < 1.29 is 18.1 Å². The number of hydrogen-bond acceptors (Lipinski definition) is 4. The van der Waals surface area contributed by atoms with Crippen LogP contribution in [-0.2, 0) is 43.1 Å². The predicted molar refractivity (Wildman–Crippen MR) is 145 cm³/mol. The molecule has 0 radical (unpaired) electrons. The Bertz CT molecular complexity index is 1040. The van der Waals surface area contributed by atoms with Gasteiger partial charge in [0, 0.05) is 0 Å². The molecule has 0 aromatic heterocycles. The van der Waals surface area contributed by atoms with Gasteiger partial charge in [-0.25, -0.2) is 0 Å². The minimum absolute atomic E-state index is 0.546. The van der Waals surface area contributed by atoms with E-state index in [1.165, 1.54) is 16.7 Å². The molecule has 0 spiro atoms. The molecule has 188 valence electrons. The van der Waals surface area contributed by atoms with Crippen molar-refractivity contribution in [3.63, 3.8) is 0 Å². The fourth-order valence-electron chi connectivity index (χ4n) is 4.70. The van der Waals surface area contributed by atoms with Gasteiger partial charge in [0.15, 0.2) is 0 Å². The van der Waals surface area contributed by atoms with Crippen molar-refractivity contribution in [3.8, 4) is 17.2 Å². The molecule has 3 rings (SSSR count). The first-order chi connectivity index (χ1) is 16.9. The van der Waals surface area contributed by atoms with Gasteiger partial charge >= 0.3 is 7.82 Å². The highest BCUT2D eigenvalue weighted by Gasteiger charge is 2.36. The monoisotopic (exact) mass is 494 g/mol. The summed E-state index contributed by atoms with van der Waals surface area (Å²) in [6, 6.07) is 17.6. The van der Waals surface area contributed by atoms with Gasteiger partial charge in [0.25, 0.3) is 0 Å². The molecule has 0 aliphatic heterocycles. The van der Waals surface area contributed by atoms with Crippen LogP contribution >= 0.6 is 7.82 Å². The number of hydrogen-bond donors (Lipinski definition) is 0. The summed E-state index contributed by atoms with van der Waals surface area (Å²) >= 11 is 0. The highest BCUT2D eigenvalue weighted by atomic mass is 31.2. The minimum atomic E-state index is -4.10. The Kier molecular flexibility index (Phi) is 9.46. The Labute approximate surface area is 211 Å². The van der Waals surface area contributed by atoms with Gasteiger partial charge in [0.05, 0.1) is 0 Å². The molecule has 4 nitrogen and oxygen atoms in total. The number of rotatable bonds is 12. The average molecular weight is 495 g/mol. The van der Waals surface area contributed by atoms with Crippen molar-refractivity contribution in [1.82, 2.24) is 0 Å². The van der Waals surface area contributed by atoms with E-state index < -0.39 is 7.82 Å². The first kappa shape index (κ1) is 26.9. The second-order valence-electron chi connectivity index (χ2n) is 8.52. The van der Waals surface area contributed by atoms with Crippen LogP contribution in [0.25, 0.3) is 0 Å². The van der Waals surface area contributed by atoms with Gasteiger partial charge in [-0.3, -0.25) is 0 Å². The lowest BCUT2D eigenvalue weighted by molar-refractivity contribution is 0.295. The molecule has 35 heavy (non-hydrogen) atoms. The smallest absolute Gasteiger partial charge is 0.386 e. The summed E-state index contributed by atoms with van der Waals surface area (Å²) in [7, 11) is -4.10. The van der Waals surface area contributed by atoms with E-state index in [0.717, 1.165) is 55.2 Å². The van der Waals surface area contributed by atoms with E-state index >= 15 is 0 Å². The lowest BCUT2D eigenvalue weighted by Gasteiger charge is -2.24. The number of phosphoric acid groups is 1. The van der Waals surface area contributed by atoms with Crippen molar-refractivity contribution in [3.05, 3.63) is 88.0 Å². The SMILES string of the molecule is CCc1cccc(OP(=O)(Oc2cccc(CC)c2CC)Oc2cccc(CC)c2CC)c1CC. The van der Waals surface area contributed by atoms with E-state index in [2.05, 4.69) is 59.7 Å². The van der Waals surface area contributed by atoms with E-state index in [9.17, 15) is 4.57 Å². The fraction of sp³-hybridized carbons (Fsp3) is 0.400. The second-order valence-corrected chi connectivity index (χ2v) is 9.97. The first-order valence-corrected chi connectivity index (χ1v) is 14.4. The zero-order valence-electron chi connectivity index (χ0n) is 22.0. The van der Waals surface area contributed by atoms with E-state index in [0.29, 0.717) is 17.2 Å². The summed E-state index contributed by atoms with van der Waals surface area (Å²) in [4.78, 5) is 0. The Balaban J connectivity index is 2.13. The third-order valence-electron chi connectivity index (χ3n) is 6.52. The van der Waals surface area contributed by atoms with Crippen LogP contribution in [0.15, 0.2) is 54.6 Å². The Morgan fingerprint density at radius 2 is 0.771 bits per heavy atom. The molecular formula is C30H39O4P. The lowest BCUT2D eigenvalue weighted by Crippen LogP contribution is -2.12. The van der Waals surface area contributed by atoms with Gasteiger partial charge in [-0.15, -0.1) is 0 Å². The quantitative estimate of drug-likeness (QED) is 0.236. The predicted octanol–water partition coefficient (Wildman–Crippen LogP) is 8.71. The summed E-state index contributed by atoms with van der Waals surface area (Å²) < 4.78 is 33.2. The molecule has 0 saturated carbocycles. The van der Waals surface area contributed by atoms with E-state index in [-0.39, 0.29) is 0 Å². The largest absolute Gasteiger partial charge is 0.647 e. The molecule has 0 aliphatic rings. The number of benzene rings is 3. The molecule has 0 amide bonds. The minimum Gasteiger partial charge on any atom is -0.386 e. The maximum Gasteiger partial charge on any atom is 0.647 e. The normalized spacial score (nSPS) is 11.4. The van der Waals surface area contributed by atoms with Crippen LogP contribution < -0.4 is 13.6 Å². The summed E-state index contributed by atoms with van der Waals surface area (Å²) in [5.41, 5.74) is 6.58. The van der Waals surface area contributed by atoms with Gasteiger partial charge < -0.3 is 13.6 Å². The Morgan fingerprint density at radius 3 is 1.00 bits per heavy atom. The molecule has 0 fully saturated rings. The molecule has 5 heteroatoms. The molecule has 3 aromatic rings. The zero-order valence-corrected chi connectivity index (χ0v) is 22.9. The third kappa shape index (κ3) is 6.11. The second kappa shape index (κ2) is 12.3. The highest BCUT2D eigenvalue weighted by molar-refractivity contribution is 7.49. The topological polar surface area (TPSA) is 44.8 Å². The molecule has 0 N–H and O–H groups in total. The van der Waals surface area contributed by atoms with Gasteiger partial charge in [-0.2, -0.15) is 4.57 Å². The van der Waals surface area contributed by atoms with Crippen LogP contribution in [0, 0.1) is 0 Å². The number of aryl methyl sites for hydroxylation is 3. The molecular weight excluding hydrogens is 455 g/mol. The summed E-state index contributed by atoms with van der Waals surface area (Å²) in [6.45, 7) is 12.6. The standard InChI is InChI=1S/C30H39O4P/c1-7-22-16-13-19-28(25(22)10-4)32-35(31,33-29-20-14-17-23(8-2)26(29)11-5)34-30-21-15-18-24(9-3)27(30)12-6/h13-21H,7-12H2,1-6H3. The molecule has 3 aromatic carbocycles. The highest BCUT2D eigenvalue weighted by Crippen LogP contribution is 2.52. The van der Waals surface area contributed by atoms with Crippen LogP contribution in [0.2, 0.25) is 0 Å². The lowest BCUT2D eigenvalue weighted by atomic mass is 10.0. The van der Waals surface area contributed by atoms with Crippen LogP contribution in [0.5, 0.6) is 17.2 Å². The zero-order chi connectivity index (χ0) is 25.4. The van der Waals surface area contributed by atoms with Gasteiger partial charge in [0.1, 0.15) is 17.2 Å². The van der Waals surface area contributed by atoms with Crippen molar-refractivity contribution in [2.45, 2.75) is 80.1 Å². The van der Waals surface area contributed by atoms with Crippen LogP contribution in [0.1, 0.15) is 74.9 Å². The van der Waals surface area contributed by atoms with Crippen LogP contribution in [0.3, 0.4) is 0 Å². The summed E-state index contributed by atoms with van der Waals surface area (Å²) in [5, 5.41) is 0. The van der Waals surface area contributed by atoms with Crippen molar-refractivity contribution in [2.75, 3.05) is 0 Å². The molecule has 0 saturated heterocycles. The fourth-order valence-corrected chi connectivity index (χ4v) is 6.05. The third-order valence-corrected chi connectivity index (χ3v) is 7.78. The summed E-state index contributed by atoms with van der Waals surface area (Å²) in [6.07, 6.45) is 4.87. The maximum absolute atomic E-state index is 14.5. The van der Waals surface area contributed by atoms with Crippen LogP contribution in [-0.4, -0.2) is 0 Å². The molecule has 0 bridgehead atoms. The van der Waals surface area contributed by atoms with Crippen molar-refractivity contribution >= 4 is 7.82 Å². The maximum atomic E-state index is 14.5. The van der Waals surface area contributed by atoms with E-state index in [1.54, 1.807) is 0 Å². The Hall–Kier alpha value is -2.71. The average Bonchev–Trinajstić information content (AvgIpc) is 2.87. The van der Waals surface area contributed by atoms with Crippen molar-refractivity contribution in [2.24, 2.45) is 0 Å². The van der Waals surface area contributed by atoms with Gasteiger partial charge in [-0.1, -0.05) is 77.9 Å². The molecule has 0 heterocycles. The summed E-state index contributed by atoms with van der Waals surface area (Å²) in [5.74, 6) is 1.64. The molecule has 0 atom stereocenters. The molecule has 0 aliphatic carbocycles. The van der Waals surface area contributed by atoms with Gasteiger partial charge in [-0.05, 0) is 90.1 Å². The van der Waals surface area contributed by atoms with E-state index in [4.69, 9.17) is 13.6 Å².